The number of hydrogen-bond donors (Lipinski definition) is 1. The number of aromatic nitrogens is 2. The first-order valence-electron chi connectivity index (χ1n) is 7.14. The summed E-state index contributed by atoms with van der Waals surface area (Å²) in [6, 6.07) is 5.77. The summed E-state index contributed by atoms with van der Waals surface area (Å²) in [7, 11) is 1.96. The lowest BCUT2D eigenvalue weighted by atomic mass is 9.92. The van der Waals surface area contributed by atoms with Crippen molar-refractivity contribution in [3.8, 4) is 0 Å². The summed E-state index contributed by atoms with van der Waals surface area (Å²) in [5, 5.41) is 7.48. The molecule has 1 unspecified atom stereocenters. The van der Waals surface area contributed by atoms with Gasteiger partial charge in [0.2, 0.25) is 0 Å². The molecule has 1 aromatic carbocycles. The van der Waals surface area contributed by atoms with Gasteiger partial charge in [0.05, 0.1) is 12.2 Å². The van der Waals surface area contributed by atoms with Gasteiger partial charge in [-0.25, -0.2) is 0 Å². The predicted molar refractivity (Wildman–Crippen MR) is 85.2 cm³/mol. The number of rotatable bonds is 2. The number of hydrogen-bond acceptors (Lipinski definition) is 2. The first-order chi connectivity index (χ1) is 10.1. The molecule has 110 valence electrons. The molecule has 0 bridgehead atoms. The van der Waals surface area contributed by atoms with E-state index in [2.05, 4.69) is 26.3 Å². The van der Waals surface area contributed by atoms with Gasteiger partial charge in [0, 0.05) is 28.3 Å². The number of carbonyl (C=O) groups excluding carboxylic acids is 1. The van der Waals surface area contributed by atoms with Gasteiger partial charge in [-0.15, -0.1) is 0 Å². The number of fused-ring (bicyclic) bond motifs is 1. The molecule has 0 aliphatic heterocycles. The first-order valence-corrected chi connectivity index (χ1v) is 7.94. The van der Waals surface area contributed by atoms with Crippen molar-refractivity contribution in [3.63, 3.8) is 0 Å². The summed E-state index contributed by atoms with van der Waals surface area (Å²) in [4.78, 5) is 12.5. The van der Waals surface area contributed by atoms with Crippen molar-refractivity contribution >= 4 is 21.8 Å². The number of nitrogens with zero attached hydrogens (tertiary/aromatic N) is 2. The van der Waals surface area contributed by atoms with Crippen LogP contribution in [0.15, 0.2) is 28.9 Å². The Morgan fingerprint density at radius 2 is 2.29 bits per heavy atom. The second kappa shape index (κ2) is 5.64. The smallest absolute Gasteiger partial charge is 0.252 e. The van der Waals surface area contributed by atoms with Gasteiger partial charge < -0.3 is 5.32 Å². The van der Waals surface area contributed by atoms with E-state index in [0.29, 0.717) is 0 Å². The van der Waals surface area contributed by atoms with E-state index in [4.69, 9.17) is 0 Å². The van der Waals surface area contributed by atoms with Crippen LogP contribution in [0.3, 0.4) is 0 Å². The van der Waals surface area contributed by atoms with E-state index in [0.717, 1.165) is 40.4 Å². The first kappa shape index (κ1) is 14.3. The minimum atomic E-state index is -0.0181. The molecular weight excluding hydrogens is 330 g/mol. The third kappa shape index (κ3) is 2.62. The minimum Gasteiger partial charge on any atom is -0.345 e. The van der Waals surface area contributed by atoms with E-state index in [1.807, 2.05) is 43.0 Å². The zero-order valence-electron chi connectivity index (χ0n) is 12.2. The largest absolute Gasteiger partial charge is 0.345 e. The minimum absolute atomic E-state index is 0.0181. The highest BCUT2D eigenvalue weighted by Gasteiger charge is 2.25. The van der Waals surface area contributed by atoms with E-state index in [1.165, 1.54) is 5.69 Å². The standard InChI is InChI=1S/C16H18BrN3O/c1-10-11(5-3-6-13(10)17)16(21)19-14-7-4-8-15-12(14)9-18-20(15)2/h3,5-6,9,14H,4,7-8H2,1-2H3,(H,19,21). The average molecular weight is 348 g/mol. The Hall–Kier alpha value is -1.62. The maximum absolute atomic E-state index is 12.5. The Kier molecular flexibility index (Phi) is 3.85. The molecule has 0 spiro atoms. The summed E-state index contributed by atoms with van der Waals surface area (Å²) >= 11 is 3.48. The van der Waals surface area contributed by atoms with Crippen LogP contribution in [0.1, 0.15) is 46.1 Å². The summed E-state index contributed by atoms with van der Waals surface area (Å²) in [6.45, 7) is 1.95. The van der Waals surface area contributed by atoms with E-state index in [1.54, 1.807) is 0 Å². The van der Waals surface area contributed by atoms with Crippen LogP contribution in [-0.2, 0) is 13.5 Å². The average Bonchev–Trinajstić information content (AvgIpc) is 2.85. The van der Waals surface area contributed by atoms with Crippen molar-refractivity contribution in [2.75, 3.05) is 0 Å². The van der Waals surface area contributed by atoms with Crippen LogP contribution in [0.25, 0.3) is 0 Å². The highest BCUT2D eigenvalue weighted by atomic mass is 79.9. The molecule has 1 N–H and O–H groups in total. The van der Waals surface area contributed by atoms with Crippen LogP contribution in [0, 0.1) is 6.92 Å². The molecule has 0 saturated heterocycles. The molecular formula is C16H18BrN3O. The Morgan fingerprint density at radius 3 is 3.10 bits per heavy atom. The van der Waals surface area contributed by atoms with Gasteiger partial charge in [-0.3, -0.25) is 9.48 Å². The Bertz CT molecular complexity index is 693. The third-order valence-electron chi connectivity index (χ3n) is 4.19. The van der Waals surface area contributed by atoms with Crippen molar-refractivity contribution in [2.45, 2.75) is 32.2 Å². The summed E-state index contributed by atoms with van der Waals surface area (Å²) in [5.74, 6) is -0.0181. The van der Waals surface area contributed by atoms with Crippen LogP contribution in [0.5, 0.6) is 0 Å². The number of carbonyl (C=O) groups is 1. The van der Waals surface area contributed by atoms with Crippen molar-refractivity contribution in [1.29, 1.82) is 0 Å². The fourth-order valence-corrected chi connectivity index (χ4v) is 3.31. The van der Waals surface area contributed by atoms with E-state index in [-0.39, 0.29) is 11.9 Å². The molecule has 1 aromatic heterocycles. The predicted octanol–water partition coefficient (Wildman–Crippen LogP) is 3.30. The van der Waals surface area contributed by atoms with Crippen LogP contribution < -0.4 is 5.32 Å². The monoisotopic (exact) mass is 347 g/mol. The maximum Gasteiger partial charge on any atom is 0.252 e. The molecule has 5 heteroatoms. The summed E-state index contributed by atoms with van der Waals surface area (Å²) < 4.78 is 2.87. The molecule has 1 aliphatic carbocycles. The molecule has 3 rings (SSSR count). The summed E-state index contributed by atoms with van der Waals surface area (Å²) in [5.41, 5.74) is 4.08. The fourth-order valence-electron chi connectivity index (χ4n) is 2.95. The summed E-state index contributed by atoms with van der Waals surface area (Å²) in [6.07, 6.45) is 4.97. The molecule has 0 fully saturated rings. The molecule has 1 heterocycles. The lowest BCUT2D eigenvalue weighted by molar-refractivity contribution is 0.0932. The van der Waals surface area contributed by atoms with Gasteiger partial charge in [0.15, 0.2) is 0 Å². The number of aryl methyl sites for hydroxylation is 1. The van der Waals surface area contributed by atoms with Crippen LogP contribution in [-0.4, -0.2) is 15.7 Å². The van der Waals surface area contributed by atoms with E-state index in [9.17, 15) is 4.79 Å². The van der Waals surface area contributed by atoms with Crippen molar-refractivity contribution in [2.24, 2.45) is 7.05 Å². The molecule has 2 aromatic rings. The number of amides is 1. The number of halogens is 1. The number of nitrogens with one attached hydrogen (secondary N) is 1. The van der Waals surface area contributed by atoms with Gasteiger partial charge >= 0.3 is 0 Å². The molecule has 1 atom stereocenters. The lowest BCUT2D eigenvalue weighted by Gasteiger charge is -2.24. The Balaban J connectivity index is 1.84. The van der Waals surface area contributed by atoms with E-state index >= 15 is 0 Å². The molecule has 21 heavy (non-hydrogen) atoms. The number of benzene rings is 1. The molecule has 1 amide bonds. The van der Waals surface area contributed by atoms with Gasteiger partial charge in [0.1, 0.15) is 0 Å². The van der Waals surface area contributed by atoms with E-state index < -0.39 is 0 Å². The molecule has 0 radical (unpaired) electrons. The van der Waals surface area contributed by atoms with Gasteiger partial charge in [0.25, 0.3) is 5.91 Å². The highest BCUT2D eigenvalue weighted by Crippen LogP contribution is 2.29. The van der Waals surface area contributed by atoms with Gasteiger partial charge in [-0.1, -0.05) is 22.0 Å². The Morgan fingerprint density at radius 1 is 1.48 bits per heavy atom. The topological polar surface area (TPSA) is 46.9 Å². The zero-order chi connectivity index (χ0) is 15.0. The maximum atomic E-state index is 12.5. The quantitative estimate of drug-likeness (QED) is 0.905. The molecule has 0 saturated carbocycles. The zero-order valence-corrected chi connectivity index (χ0v) is 13.8. The lowest BCUT2D eigenvalue weighted by Crippen LogP contribution is -2.31. The van der Waals surface area contributed by atoms with Crippen LogP contribution in [0.2, 0.25) is 0 Å². The Labute approximate surface area is 132 Å². The van der Waals surface area contributed by atoms with Crippen LogP contribution >= 0.6 is 15.9 Å². The van der Waals surface area contributed by atoms with Gasteiger partial charge in [-0.2, -0.15) is 5.10 Å². The fraction of sp³-hybridized carbons (Fsp3) is 0.375. The highest BCUT2D eigenvalue weighted by molar-refractivity contribution is 9.10. The normalized spacial score (nSPS) is 17.4. The SMILES string of the molecule is Cc1c(Br)cccc1C(=O)NC1CCCc2c1cnn2C. The van der Waals surface area contributed by atoms with Crippen LogP contribution in [0.4, 0.5) is 0 Å². The van der Waals surface area contributed by atoms with Crippen molar-refractivity contribution in [3.05, 3.63) is 51.3 Å². The van der Waals surface area contributed by atoms with Crippen molar-refractivity contribution in [1.82, 2.24) is 15.1 Å². The second-order valence-corrected chi connectivity index (χ2v) is 6.36. The third-order valence-corrected chi connectivity index (χ3v) is 5.05. The molecule has 4 nitrogen and oxygen atoms in total. The molecule has 1 aliphatic rings. The van der Waals surface area contributed by atoms with Gasteiger partial charge in [-0.05, 0) is 43.9 Å². The van der Waals surface area contributed by atoms with Crippen molar-refractivity contribution < 1.29 is 4.79 Å². The second-order valence-electron chi connectivity index (χ2n) is 5.50.